The van der Waals surface area contributed by atoms with Gasteiger partial charge in [0, 0.05) is 85.0 Å². The highest BCUT2D eigenvalue weighted by molar-refractivity contribution is 6.03. The van der Waals surface area contributed by atoms with Crippen molar-refractivity contribution in [1.82, 2.24) is 118 Å². The summed E-state index contributed by atoms with van der Waals surface area (Å²) in [6, 6.07) is 3.57. The molecule has 44 heteroatoms. The largest absolute Gasteiger partial charge is 0.479 e. The molecule has 0 atom stereocenters. The maximum absolute atomic E-state index is 13.8. The molecule has 0 aromatic carbocycles. The molecular formula is C63H64F2N24O18. The van der Waals surface area contributed by atoms with Gasteiger partial charge in [0.2, 0.25) is 29.1 Å². The number of aryl methyl sites for hydroxylation is 6. The fourth-order valence-electron chi connectivity index (χ4n) is 9.44. The van der Waals surface area contributed by atoms with Gasteiger partial charge in [-0.05, 0) is 12.1 Å². The molecule has 0 fully saturated rings. The molecule has 0 aliphatic carbocycles. The average Bonchev–Trinajstić information content (AvgIpc) is 1.73. The first-order valence-corrected chi connectivity index (χ1v) is 30.1. The molecule has 0 unspecified atom stereocenters. The molecule has 0 aliphatic rings. The number of carboxylic acids is 3. The average molecular weight is 1480 g/mol. The molecule has 0 bridgehead atoms. The van der Waals surface area contributed by atoms with Crippen LogP contribution in [0.5, 0.6) is 35.8 Å². The molecular weight excluding hydrogens is 1420 g/mol. The molecule has 558 valence electrons. The van der Waals surface area contributed by atoms with E-state index in [0.717, 1.165) is 17.1 Å². The second-order valence-electron chi connectivity index (χ2n) is 20.6. The summed E-state index contributed by atoms with van der Waals surface area (Å²) in [4.78, 5) is 115. The predicted molar refractivity (Wildman–Crippen MR) is 360 cm³/mol. The second kappa shape index (κ2) is 37.0. The van der Waals surface area contributed by atoms with Crippen LogP contribution < -0.4 is 28.4 Å². The number of aliphatic hydroxyl groups excluding tert-OH is 3. The summed E-state index contributed by atoms with van der Waals surface area (Å²) in [6.07, 6.45) is 19.2. The first-order valence-electron chi connectivity index (χ1n) is 30.1. The highest BCUT2D eigenvalue weighted by Crippen LogP contribution is 2.32. The fraction of sp³-hybridized carbons (Fsp3) is 0.238. The summed E-state index contributed by atoms with van der Waals surface area (Å²) in [6.45, 7) is -1.86. The number of ketones is 3. The molecule has 12 aromatic rings. The van der Waals surface area contributed by atoms with E-state index in [-0.39, 0.29) is 80.9 Å². The number of Topliss-reactive ketones (excluding diaryl/α,β-unsaturated/α-hetero) is 3. The normalized spacial score (nSPS) is 10.4. The summed E-state index contributed by atoms with van der Waals surface area (Å²) in [7, 11) is 17.8. The monoisotopic (exact) mass is 1480 g/mol. The van der Waals surface area contributed by atoms with E-state index >= 15 is 0 Å². The number of aliphatic hydroxyl groups is 3. The number of ether oxygens (including phenoxy) is 6. The van der Waals surface area contributed by atoms with E-state index in [2.05, 4.69) is 90.4 Å². The Morgan fingerprint density at radius 3 is 0.907 bits per heavy atom. The van der Waals surface area contributed by atoms with Crippen molar-refractivity contribution in [1.29, 1.82) is 0 Å². The van der Waals surface area contributed by atoms with Gasteiger partial charge in [0.15, 0.2) is 28.7 Å². The summed E-state index contributed by atoms with van der Waals surface area (Å²) in [5.41, 5.74) is 4.21. The van der Waals surface area contributed by atoms with Crippen LogP contribution >= 0.6 is 0 Å². The van der Waals surface area contributed by atoms with Gasteiger partial charge in [0.25, 0.3) is 0 Å². The standard InChI is InChI=1S/C11H11FN4O3.2C11H12N4O3.C10H9FN4O3.2C10H10N4O3/c1-16-10(8(18)5-17)6(3-14-16)9-7(12)4-13-11(15-9)19-2;1-15-10(8(17)6-16)7(5-14-15)9-11(18-2)13-4-3-12-9;1-15-10(9(17)6-16)7(5-13-15)8-3-4-12-11(14-8)18-2;1-15-8(9(16)17)5(3-13-15)7-6(11)4-12-10(14-7)18-2;1-14-8(10(15)16)6(5-13-14)7-9(17-2)12-4-3-11-7;1-14-8(9(15)16)6(5-12-14)7-3-4-11-10(13-7)17-2/h3-4,17H,5H2,1-2H3;2*3-5,16H,6H2,1-2H3;3-4H,1-2H3,(H,16,17);2*3-5H,1-2H3,(H,15,16). The Labute approximate surface area is 601 Å². The van der Waals surface area contributed by atoms with E-state index in [1.165, 1.54) is 155 Å². The minimum absolute atomic E-state index is 0.0253. The van der Waals surface area contributed by atoms with Gasteiger partial charge in [-0.3, -0.25) is 42.5 Å². The van der Waals surface area contributed by atoms with Gasteiger partial charge in [-0.25, -0.2) is 63.0 Å². The molecule has 12 aromatic heterocycles. The number of aromatic nitrogens is 24. The number of carboxylic acid groups (broad SMARTS) is 3. The van der Waals surface area contributed by atoms with Crippen LogP contribution in [0, 0.1) is 11.6 Å². The Hall–Kier alpha value is -14.3. The SMILES string of the molecule is COc1ncc(F)c(-c2cnn(C)c2C(=O)CO)n1.COc1ncc(F)c(-c2cnn(C)c2C(=O)O)n1.COc1nccc(-c2cnn(C)c2C(=O)CO)n1.COc1nccc(-c2cnn(C)c2C(=O)O)n1.COc1nccnc1-c1cnn(C)c1C(=O)CO.COc1nccnc1-c1cnn(C)c1C(=O)O. The quantitative estimate of drug-likeness (QED) is 0.0562. The Kier molecular flexibility index (Phi) is 27.7. The molecule has 0 spiro atoms. The molecule has 0 saturated heterocycles. The van der Waals surface area contributed by atoms with Crippen LogP contribution in [-0.4, -0.2) is 247 Å². The molecule has 0 radical (unpaired) electrons. The van der Waals surface area contributed by atoms with Gasteiger partial charge in [-0.1, -0.05) is 0 Å². The molecule has 0 saturated carbocycles. The molecule has 6 N–H and O–H groups in total. The van der Waals surface area contributed by atoms with Crippen LogP contribution in [-0.2, 0) is 42.3 Å². The van der Waals surface area contributed by atoms with Crippen LogP contribution in [0.1, 0.15) is 62.9 Å². The number of halogens is 2. The van der Waals surface area contributed by atoms with Gasteiger partial charge in [-0.15, -0.1) is 0 Å². The molecule has 0 aliphatic heterocycles. The topological polar surface area (TPSA) is 541 Å². The van der Waals surface area contributed by atoms with Crippen molar-refractivity contribution in [2.75, 3.05) is 62.5 Å². The Morgan fingerprint density at radius 1 is 0.327 bits per heavy atom. The van der Waals surface area contributed by atoms with Gasteiger partial charge in [0.05, 0.1) is 131 Å². The van der Waals surface area contributed by atoms with Crippen molar-refractivity contribution in [3.8, 4) is 103 Å². The third-order valence-electron chi connectivity index (χ3n) is 14.2. The van der Waals surface area contributed by atoms with E-state index in [0.29, 0.717) is 56.6 Å². The molecule has 12 rings (SSSR count). The Balaban J connectivity index is 0.000000179. The summed E-state index contributed by atoms with van der Waals surface area (Å²) >= 11 is 0. The zero-order valence-electron chi connectivity index (χ0n) is 58.4. The van der Waals surface area contributed by atoms with E-state index in [1.54, 1.807) is 40.3 Å². The van der Waals surface area contributed by atoms with Crippen molar-refractivity contribution >= 4 is 35.3 Å². The van der Waals surface area contributed by atoms with Gasteiger partial charge < -0.3 is 59.1 Å². The minimum Gasteiger partial charge on any atom is -0.479 e. The number of rotatable bonds is 21. The van der Waals surface area contributed by atoms with E-state index in [9.17, 15) is 37.5 Å². The third kappa shape index (κ3) is 18.9. The summed E-state index contributed by atoms with van der Waals surface area (Å²) < 4.78 is 64.7. The van der Waals surface area contributed by atoms with E-state index in [1.807, 2.05) is 0 Å². The van der Waals surface area contributed by atoms with Gasteiger partial charge in [-0.2, -0.15) is 50.5 Å². The lowest BCUT2D eigenvalue weighted by Gasteiger charge is -2.06. The number of nitrogens with zero attached hydrogens (tertiary/aromatic N) is 24. The smallest absolute Gasteiger partial charge is 0.354 e. The van der Waals surface area contributed by atoms with Crippen molar-refractivity contribution in [3.63, 3.8) is 0 Å². The number of aromatic carboxylic acids is 3. The van der Waals surface area contributed by atoms with Crippen molar-refractivity contribution in [3.05, 3.63) is 145 Å². The zero-order valence-corrected chi connectivity index (χ0v) is 58.4. The lowest BCUT2D eigenvalue weighted by atomic mass is 10.1. The zero-order chi connectivity index (χ0) is 78.3. The number of hydrogen-bond donors (Lipinski definition) is 6. The van der Waals surface area contributed by atoms with Crippen LogP contribution in [0.3, 0.4) is 0 Å². The maximum Gasteiger partial charge on any atom is 0.354 e. The number of carbonyl (C=O) groups excluding carboxylic acids is 3. The van der Waals surface area contributed by atoms with E-state index < -0.39 is 66.7 Å². The molecule has 107 heavy (non-hydrogen) atoms. The first kappa shape index (κ1) is 80.0. The van der Waals surface area contributed by atoms with Gasteiger partial charge in [0.1, 0.15) is 59.7 Å². The second-order valence-corrected chi connectivity index (χ2v) is 20.6. The van der Waals surface area contributed by atoms with Crippen molar-refractivity contribution < 1.29 is 96.6 Å². The molecule has 12 heterocycles. The lowest BCUT2D eigenvalue weighted by molar-refractivity contribution is 0.0675. The summed E-state index contributed by atoms with van der Waals surface area (Å²) in [5.74, 6) is -5.66. The van der Waals surface area contributed by atoms with Crippen LogP contribution in [0.25, 0.3) is 67.5 Å². The highest BCUT2D eigenvalue weighted by Gasteiger charge is 2.27. The molecule has 42 nitrogen and oxygen atoms in total. The van der Waals surface area contributed by atoms with Gasteiger partial charge >= 0.3 is 41.9 Å². The number of hydrogen-bond acceptors (Lipinski definition) is 33. The van der Waals surface area contributed by atoms with Crippen molar-refractivity contribution in [2.24, 2.45) is 42.3 Å². The number of carbonyl (C=O) groups is 6. The fourth-order valence-corrected chi connectivity index (χ4v) is 9.44. The predicted octanol–water partition coefficient (Wildman–Crippen LogP) is 2.21. The maximum atomic E-state index is 13.8. The lowest BCUT2D eigenvalue weighted by Crippen LogP contribution is -2.12. The van der Waals surface area contributed by atoms with Crippen LogP contribution in [0.4, 0.5) is 8.78 Å². The first-order chi connectivity index (χ1) is 51.3. The number of methoxy groups -OCH3 is 6. The third-order valence-corrected chi connectivity index (χ3v) is 14.2. The van der Waals surface area contributed by atoms with E-state index in [4.69, 9.17) is 59.1 Å². The Morgan fingerprint density at radius 2 is 0.589 bits per heavy atom. The molecule has 0 amide bonds. The van der Waals surface area contributed by atoms with Crippen molar-refractivity contribution in [2.45, 2.75) is 0 Å². The highest BCUT2D eigenvalue weighted by atomic mass is 19.1. The van der Waals surface area contributed by atoms with Crippen LogP contribution in [0.15, 0.2) is 98.9 Å². The Bertz CT molecular complexity index is 5150. The van der Waals surface area contributed by atoms with Crippen LogP contribution in [0.2, 0.25) is 0 Å². The minimum atomic E-state index is -1.22. The summed E-state index contributed by atoms with van der Waals surface area (Å²) in [5, 5.41) is 77.6.